The summed E-state index contributed by atoms with van der Waals surface area (Å²) in [5, 5.41) is 8.89. The first-order valence-electron chi connectivity index (χ1n) is 7.30. The monoisotopic (exact) mass is 270 g/mol. The minimum absolute atomic E-state index is 0.0109. The van der Waals surface area contributed by atoms with E-state index in [4.69, 9.17) is 14.9 Å². The number of hydrogen-bond donors (Lipinski definition) is 1. The summed E-state index contributed by atoms with van der Waals surface area (Å²) >= 11 is 0. The molecule has 0 aliphatic carbocycles. The summed E-state index contributed by atoms with van der Waals surface area (Å²) < 4.78 is 0. The molecule has 1 heterocycles. The first-order valence-corrected chi connectivity index (χ1v) is 7.30. The van der Waals surface area contributed by atoms with Crippen LogP contribution < -0.4 is 0 Å². The third kappa shape index (κ3) is 4.62. The van der Waals surface area contributed by atoms with Crippen LogP contribution in [0.25, 0.3) is 0 Å². The van der Waals surface area contributed by atoms with E-state index in [9.17, 15) is 4.79 Å². The lowest BCUT2D eigenvalue weighted by Gasteiger charge is -2.40. The van der Waals surface area contributed by atoms with Crippen molar-refractivity contribution < 1.29 is 19.7 Å². The molecule has 0 radical (unpaired) electrons. The Morgan fingerprint density at radius 3 is 2.68 bits per heavy atom. The number of unbranched alkanes of at least 4 members (excludes halogenated alkanes) is 1. The summed E-state index contributed by atoms with van der Waals surface area (Å²) in [5.74, 6) is -0.603. The van der Waals surface area contributed by atoms with E-state index in [0.29, 0.717) is 0 Å². The van der Waals surface area contributed by atoms with Gasteiger partial charge in [-0.3, -0.25) is 4.79 Å². The molecule has 3 atom stereocenters. The maximum Gasteiger partial charge on any atom is 0.306 e. The Kier molecular flexibility index (Phi) is 6.52. The normalized spacial score (nSPS) is 31.7. The predicted octanol–water partition coefficient (Wildman–Crippen LogP) is 3.71. The average molecular weight is 270 g/mol. The molecule has 1 saturated heterocycles. The van der Waals surface area contributed by atoms with Gasteiger partial charge in [-0.2, -0.15) is 0 Å². The highest BCUT2D eigenvalue weighted by Crippen LogP contribution is 2.37. The maximum atomic E-state index is 10.8. The van der Waals surface area contributed by atoms with E-state index < -0.39 is 5.97 Å². The Balaban J connectivity index is 2.71. The molecule has 1 fully saturated rings. The molecule has 110 valence electrons. The summed E-state index contributed by atoms with van der Waals surface area (Å²) in [4.78, 5) is 21.8. The number of allylic oxidation sites excluding steroid dienone is 1. The second-order valence-corrected chi connectivity index (χ2v) is 5.30. The minimum Gasteiger partial charge on any atom is -0.481 e. The van der Waals surface area contributed by atoms with Crippen LogP contribution in [0.2, 0.25) is 0 Å². The van der Waals surface area contributed by atoms with Crippen molar-refractivity contribution in [3.8, 4) is 0 Å². The van der Waals surface area contributed by atoms with Gasteiger partial charge in [0, 0.05) is 0 Å². The van der Waals surface area contributed by atoms with Crippen LogP contribution in [-0.2, 0) is 14.6 Å². The van der Waals surface area contributed by atoms with Crippen molar-refractivity contribution in [2.45, 2.75) is 71.0 Å². The van der Waals surface area contributed by atoms with E-state index in [0.717, 1.165) is 32.1 Å². The zero-order valence-corrected chi connectivity index (χ0v) is 12.2. The van der Waals surface area contributed by atoms with E-state index in [2.05, 4.69) is 32.9 Å². The number of carboxylic acids is 1. The lowest BCUT2D eigenvalue weighted by molar-refractivity contribution is -0.409. The topological polar surface area (TPSA) is 55.8 Å². The van der Waals surface area contributed by atoms with Gasteiger partial charge in [-0.1, -0.05) is 45.8 Å². The molecule has 0 aromatic heterocycles. The summed E-state index contributed by atoms with van der Waals surface area (Å²) in [5.41, 5.74) is -0.384. The van der Waals surface area contributed by atoms with E-state index in [-0.39, 0.29) is 24.0 Å². The second-order valence-electron chi connectivity index (χ2n) is 5.30. The van der Waals surface area contributed by atoms with Gasteiger partial charge in [0.25, 0.3) is 0 Å². The van der Waals surface area contributed by atoms with Crippen molar-refractivity contribution in [2.24, 2.45) is 5.92 Å². The first kappa shape index (κ1) is 16.2. The molecule has 4 heteroatoms. The smallest absolute Gasteiger partial charge is 0.306 e. The quantitative estimate of drug-likeness (QED) is 0.566. The van der Waals surface area contributed by atoms with Crippen LogP contribution in [0.4, 0.5) is 0 Å². The predicted molar refractivity (Wildman–Crippen MR) is 73.7 cm³/mol. The second kappa shape index (κ2) is 7.65. The zero-order valence-electron chi connectivity index (χ0n) is 12.2. The standard InChI is InChI=1S/C15H26O4/c1-4-7-8-9-15(6-3)11-12(5-2)13(18-19-15)10-14(16)17/h8-9,12-13H,4-7,10-11H2,1-3H3,(H,16,17)/b9-8+/t12-,13+,15+/m0/s1. The molecule has 1 aliphatic heterocycles. The molecular formula is C15H26O4. The van der Waals surface area contributed by atoms with Crippen LogP contribution in [-0.4, -0.2) is 22.8 Å². The molecule has 0 spiro atoms. The molecule has 0 unspecified atom stereocenters. The Bertz CT molecular complexity index is 313. The van der Waals surface area contributed by atoms with Crippen molar-refractivity contribution in [2.75, 3.05) is 0 Å². The van der Waals surface area contributed by atoms with Crippen molar-refractivity contribution >= 4 is 5.97 Å². The van der Waals surface area contributed by atoms with Crippen LogP contribution in [0.5, 0.6) is 0 Å². The van der Waals surface area contributed by atoms with E-state index in [1.807, 2.05) is 0 Å². The zero-order chi connectivity index (χ0) is 14.3. The van der Waals surface area contributed by atoms with E-state index in [1.165, 1.54) is 0 Å². The third-order valence-corrected chi connectivity index (χ3v) is 3.85. The molecule has 0 bridgehead atoms. The molecule has 1 N–H and O–H groups in total. The van der Waals surface area contributed by atoms with Crippen LogP contribution in [0.15, 0.2) is 12.2 Å². The highest BCUT2D eigenvalue weighted by molar-refractivity contribution is 5.67. The van der Waals surface area contributed by atoms with Crippen molar-refractivity contribution in [3.05, 3.63) is 12.2 Å². The summed E-state index contributed by atoms with van der Waals surface area (Å²) in [6, 6.07) is 0. The Morgan fingerprint density at radius 1 is 1.42 bits per heavy atom. The summed E-state index contributed by atoms with van der Waals surface area (Å²) in [7, 11) is 0. The number of aliphatic carboxylic acids is 1. The van der Waals surface area contributed by atoms with Crippen molar-refractivity contribution in [3.63, 3.8) is 0 Å². The van der Waals surface area contributed by atoms with Gasteiger partial charge >= 0.3 is 5.97 Å². The van der Waals surface area contributed by atoms with E-state index in [1.54, 1.807) is 0 Å². The van der Waals surface area contributed by atoms with E-state index >= 15 is 0 Å². The van der Waals surface area contributed by atoms with Crippen molar-refractivity contribution in [1.82, 2.24) is 0 Å². The van der Waals surface area contributed by atoms with Gasteiger partial charge in [0.2, 0.25) is 0 Å². The molecule has 19 heavy (non-hydrogen) atoms. The third-order valence-electron chi connectivity index (χ3n) is 3.85. The molecule has 0 aromatic carbocycles. The van der Waals surface area contributed by atoms with Gasteiger partial charge < -0.3 is 5.11 Å². The minimum atomic E-state index is -0.836. The maximum absolute atomic E-state index is 10.8. The molecule has 0 saturated carbocycles. The van der Waals surface area contributed by atoms with Crippen LogP contribution in [0.3, 0.4) is 0 Å². The van der Waals surface area contributed by atoms with Gasteiger partial charge in [0.05, 0.1) is 6.42 Å². The van der Waals surface area contributed by atoms with Gasteiger partial charge in [0.15, 0.2) is 0 Å². The fraction of sp³-hybridized carbons (Fsp3) is 0.800. The van der Waals surface area contributed by atoms with Gasteiger partial charge in [-0.25, -0.2) is 9.78 Å². The van der Waals surface area contributed by atoms with Gasteiger partial charge in [-0.05, 0) is 25.2 Å². The molecule has 0 aromatic rings. The Labute approximate surface area is 115 Å². The number of carboxylic acid groups (broad SMARTS) is 1. The fourth-order valence-electron chi connectivity index (χ4n) is 2.51. The molecule has 4 nitrogen and oxygen atoms in total. The first-order chi connectivity index (χ1) is 9.06. The van der Waals surface area contributed by atoms with Crippen LogP contribution in [0.1, 0.15) is 59.3 Å². The fourth-order valence-corrected chi connectivity index (χ4v) is 2.51. The highest BCUT2D eigenvalue weighted by atomic mass is 17.2. The SMILES string of the molecule is CCC/C=C/[C@]1(CC)C[C@H](CC)[C@@H](CC(=O)O)OO1. The lowest BCUT2D eigenvalue weighted by atomic mass is 9.81. The molecule has 1 rings (SSSR count). The molecule has 1 aliphatic rings. The average Bonchev–Trinajstić information content (AvgIpc) is 2.40. The number of hydrogen-bond acceptors (Lipinski definition) is 3. The number of rotatable bonds is 7. The largest absolute Gasteiger partial charge is 0.481 e. The van der Waals surface area contributed by atoms with Crippen molar-refractivity contribution in [1.29, 1.82) is 0 Å². The van der Waals surface area contributed by atoms with Crippen LogP contribution in [0, 0.1) is 5.92 Å². The highest BCUT2D eigenvalue weighted by Gasteiger charge is 2.40. The summed E-state index contributed by atoms with van der Waals surface area (Å²) in [6.07, 6.45) is 8.62. The van der Waals surface area contributed by atoms with Gasteiger partial charge in [-0.15, -0.1) is 0 Å². The molecule has 0 amide bonds. The Morgan fingerprint density at radius 2 is 2.16 bits per heavy atom. The lowest BCUT2D eigenvalue weighted by Crippen LogP contribution is -2.44. The summed E-state index contributed by atoms with van der Waals surface area (Å²) in [6.45, 7) is 6.28. The van der Waals surface area contributed by atoms with Crippen LogP contribution >= 0.6 is 0 Å². The number of carbonyl (C=O) groups is 1. The Hall–Kier alpha value is -0.870. The van der Waals surface area contributed by atoms with Gasteiger partial charge in [0.1, 0.15) is 11.7 Å². The molecular weight excluding hydrogens is 244 g/mol.